The van der Waals surface area contributed by atoms with Gasteiger partial charge in [0, 0.05) is 0 Å². The van der Waals surface area contributed by atoms with Gasteiger partial charge in [-0.05, 0) is 0 Å². The second-order valence-corrected chi connectivity index (χ2v) is 4.57. The molecule has 0 nitrogen and oxygen atoms in total. The van der Waals surface area contributed by atoms with Gasteiger partial charge in [-0.25, -0.2) is 0 Å². The van der Waals surface area contributed by atoms with E-state index >= 15 is 0 Å². The number of hydrogen-bond acceptors (Lipinski definition) is 2. The van der Waals surface area contributed by atoms with Crippen LogP contribution in [-0.4, -0.2) is 31.2 Å². The van der Waals surface area contributed by atoms with Crippen LogP contribution in [-0.2, 0) is 0 Å². The number of hydrogen-bond donors (Lipinski definition) is 0. The molecule has 0 N–H and O–H groups in total. The molecule has 0 aromatic carbocycles. The summed E-state index contributed by atoms with van der Waals surface area (Å²) >= 11 is 6.42. The maximum atomic E-state index is 2.92. The Labute approximate surface area is 54.8 Å². The predicted molar refractivity (Wildman–Crippen MR) is 37.8 cm³/mol. The van der Waals surface area contributed by atoms with Crippen molar-refractivity contribution in [2.24, 2.45) is 0 Å². The van der Waals surface area contributed by atoms with Gasteiger partial charge in [0.2, 0.25) is 0 Å². The molecule has 0 aromatic rings. The quantitative estimate of drug-likeness (QED) is 0.588. The van der Waals surface area contributed by atoms with Crippen LogP contribution in [0.2, 0.25) is 0 Å². The summed E-state index contributed by atoms with van der Waals surface area (Å²) in [6, 6.07) is 0. The van der Waals surface area contributed by atoms with Gasteiger partial charge in [-0.3, -0.25) is 0 Å². The first-order chi connectivity index (χ1) is 2.81. The Morgan fingerprint density at radius 2 is 1.67 bits per heavy atom. The molecule has 0 aromatic heterocycles. The molecule has 0 atom stereocenters. The molecule has 0 unspecified atom stereocenters. The van der Waals surface area contributed by atoms with Crippen molar-refractivity contribution in [2.45, 2.75) is 0 Å². The van der Waals surface area contributed by atoms with Crippen LogP contribution in [0.25, 0.3) is 0 Å². The molecular weight excluding hydrogens is 179 g/mol. The van der Waals surface area contributed by atoms with Gasteiger partial charge in [0.25, 0.3) is 0 Å². The molecule has 0 amide bonds. The first kappa shape index (κ1) is 7.09. The van der Waals surface area contributed by atoms with E-state index in [1.54, 1.807) is 23.5 Å². The van der Waals surface area contributed by atoms with E-state index in [0.717, 1.165) is 0 Å². The van der Waals surface area contributed by atoms with E-state index in [2.05, 4.69) is 28.1 Å². The second-order valence-electron chi connectivity index (χ2n) is 0.658. The SMILES string of the molecule is CSC(=[Se])SC. The summed E-state index contributed by atoms with van der Waals surface area (Å²) < 4.78 is 1.30. The van der Waals surface area contributed by atoms with Crippen molar-refractivity contribution in [3.63, 3.8) is 0 Å². The molecule has 0 heterocycles. The van der Waals surface area contributed by atoms with Crippen LogP contribution in [0.1, 0.15) is 0 Å². The Hall–Kier alpha value is 1.09. The number of thioether (sulfide) groups is 2. The number of rotatable bonds is 2. The fraction of sp³-hybridized carbons (Fsp3) is 0.667. The molecule has 0 aliphatic rings. The minimum atomic E-state index is 1.30. The van der Waals surface area contributed by atoms with Gasteiger partial charge in [0.1, 0.15) is 0 Å². The molecule has 3 heteroatoms. The summed E-state index contributed by atoms with van der Waals surface area (Å²) in [5.41, 5.74) is 0. The van der Waals surface area contributed by atoms with Crippen LogP contribution in [0.5, 0.6) is 0 Å². The summed E-state index contributed by atoms with van der Waals surface area (Å²) in [4.78, 5) is 0. The van der Waals surface area contributed by atoms with Crippen LogP contribution in [0, 0.1) is 0 Å². The van der Waals surface area contributed by atoms with Gasteiger partial charge in [-0.15, -0.1) is 0 Å². The fourth-order valence-corrected chi connectivity index (χ4v) is 0.750. The standard InChI is InChI=1S/C3H6S2Se/c1-4-3(6)5-2/h1-2H3. The second kappa shape index (κ2) is 4.25. The van der Waals surface area contributed by atoms with Gasteiger partial charge in [-0.2, -0.15) is 0 Å². The molecule has 0 saturated carbocycles. The third-order valence-electron chi connectivity index (χ3n) is 0.333. The average molecular weight is 185 g/mol. The van der Waals surface area contributed by atoms with E-state index in [9.17, 15) is 0 Å². The zero-order chi connectivity index (χ0) is 4.99. The van der Waals surface area contributed by atoms with E-state index in [1.165, 1.54) is 3.08 Å². The molecule has 0 bridgehead atoms. The summed E-state index contributed by atoms with van der Waals surface area (Å²) in [5, 5.41) is 0. The minimum absolute atomic E-state index is 1.30. The van der Waals surface area contributed by atoms with Crippen LogP contribution in [0.15, 0.2) is 0 Å². The van der Waals surface area contributed by atoms with Gasteiger partial charge >= 0.3 is 54.7 Å². The molecule has 6 heavy (non-hydrogen) atoms. The first-order valence-electron chi connectivity index (χ1n) is 1.43. The maximum absolute atomic E-state index is 2.92. The van der Waals surface area contributed by atoms with Gasteiger partial charge < -0.3 is 0 Å². The predicted octanol–water partition coefficient (Wildman–Crippen LogP) is 0.968. The van der Waals surface area contributed by atoms with Crippen molar-refractivity contribution in [1.29, 1.82) is 0 Å². The van der Waals surface area contributed by atoms with Gasteiger partial charge in [0.05, 0.1) is 0 Å². The monoisotopic (exact) mass is 186 g/mol. The molecule has 0 aliphatic carbocycles. The van der Waals surface area contributed by atoms with Crippen molar-refractivity contribution in [2.75, 3.05) is 12.5 Å². The summed E-state index contributed by atoms with van der Waals surface area (Å²) in [6.45, 7) is 0. The Bertz CT molecular complexity index is 46.8. The normalized spacial score (nSPS) is 8.33. The molecule has 0 aliphatic heterocycles. The van der Waals surface area contributed by atoms with E-state index in [4.69, 9.17) is 0 Å². The molecule has 0 spiro atoms. The van der Waals surface area contributed by atoms with Crippen LogP contribution >= 0.6 is 23.5 Å². The molecule has 0 rings (SSSR count). The van der Waals surface area contributed by atoms with Crippen LogP contribution in [0.4, 0.5) is 0 Å². The summed E-state index contributed by atoms with van der Waals surface area (Å²) in [5.74, 6) is 0. The van der Waals surface area contributed by atoms with Crippen LogP contribution < -0.4 is 0 Å². The molecule has 36 valence electrons. The van der Waals surface area contributed by atoms with Crippen molar-refractivity contribution in [3.05, 3.63) is 0 Å². The summed E-state index contributed by atoms with van der Waals surface area (Å²) in [6.07, 6.45) is 4.12. The fourth-order valence-electron chi connectivity index (χ4n) is 0.0833. The Morgan fingerprint density at radius 3 is 1.67 bits per heavy atom. The van der Waals surface area contributed by atoms with E-state index in [1.807, 2.05) is 0 Å². The van der Waals surface area contributed by atoms with Gasteiger partial charge in [-0.1, -0.05) is 0 Å². The molecular formula is C3H6S2Se. The third kappa shape index (κ3) is 3.29. The molecule has 0 saturated heterocycles. The average Bonchev–Trinajstić information content (AvgIpc) is 1.65. The first-order valence-corrected chi connectivity index (χ1v) is 4.73. The van der Waals surface area contributed by atoms with Gasteiger partial charge in [0.15, 0.2) is 0 Å². The van der Waals surface area contributed by atoms with Crippen molar-refractivity contribution < 1.29 is 0 Å². The van der Waals surface area contributed by atoms with Crippen molar-refractivity contribution in [3.8, 4) is 0 Å². The third-order valence-corrected chi connectivity index (χ3v) is 4.10. The Morgan fingerprint density at radius 1 is 1.33 bits per heavy atom. The van der Waals surface area contributed by atoms with E-state index in [0.29, 0.717) is 0 Å². The molecule has 0 fully saturated rings. The Balaban J connectivity index is 2.99. The zero-order valence-electron chi connectivity index (χ0n) is 3.72. The van der Waals surface area contributed by atoms with E-state index < -0.39 is 0 Å². The topological polar surface area (TPSA) is 0 Å². The van der Waals surface area contributed by atoms with Crippen LogP contribution in [0.3, 0.4) is 0 Å². The van der Waals surface area contributed by atoms with Crippen molar-refractivity contribution >= 4 is 42.2 Å². The Kier molecular flexibility index (Phi) is 5.03. The summed E-state index contributed by atoms with van der Waals surface area (Å²) in [7, 11) is 0. The van der Waals surface area contributed by atoms with E-state index in [-0.39, 0.29) is 0 Å². The molecule has 0 radical (unpaired) electrons. The van der Waals surface area contributed by atoms with Crippen molar-refractivity contribution in [1.82, 2.24) is 0 Å². The zero-order valence-corrected chi connectivity index (χ0v) is 7.07.